The highest BCUT2D eigenvalue weighted by molar-refractivity contribution is 6.04. The first-order valence-electron chi connectivity index (χ1n) is 10.8. The van der Waals surface area contributed by atoms with E-state index in [2.05, 4.69) is 20.9 Å². The average Bonchev–Trinajstić information content (AvgIpc) is 3.23. The molecule has 2 aromatic carbocycles. The summed E-state index contributed by atoms with van der Waals surface area (Å²) < 4.78 is 6.82. The Morgan fingerprint density at radius 3 is 2.72 bits per heavy atom. The smallest absolute Gasteiger partial charge is 0.277 e. The normalized spacial score (nSPS) is 14.3. The van der Waals surface area contributed by atoms with Gasteiger partial charge in [0, 0.05) is 61.8 Å². The molecule has 5 rings (SSSR count). The lowest BCUT2D eigenvalue weighted by molar-refractivity contribution is -0.131. The minimum absolute atomic E-state index is 0.0546. The van der Waals surface area contributed by atoms with E-state index in [0.29, 0.717) is 30.7 Å². The summed E-state index contributed by atoms with van der Waals surface area (Å²) >= 11 is 0. The first-order chi connectivity index (χ1) is 15.6. The third-order valence-corrected chi connectivity index (χ3v) is 6.10. The highest BCUT2D eigenvalue weighted by Gasteiger charge is 2.21. The number of aromatic amines is 1. The van der Waals surface area contributed by atoms with Crippen LogP contribution in [0.15, 0.2) is 59.7 Å². The fourth-order valence-electron chi connectivity index (χ4n) is 4.29. The summed E-state index contributed by atoms with van der Waals surface area (Å²) in [6, 6.07) is 15.7. The molecular formula is C24H25N5O3. The van der Waals surface area contributed by atoms with Crippen LogP contribution in [-0.2, 0) is 11.3 Å². The Labute approximate surface area is 185 Å². The molecule has 1 saturated heterocycles. The van der Waals surface area contributed by atoms with E-state index in [1.165, 1.54) is 4.57 Å². The second-order valence-corrected chi connectivity index (χ2v) is 7.96. The van der Waals surface area contributed by atoms with Crippen molar-refractivity contribution in [2.45, 2.75) is 13.0 Å². The van der Waals surface area contributed by atoms with Gasteiger partial charge in [-0.25, -0.2) is 4.98 Å². The van der Waals surface area contributed by atoms with Crippen molar-refractivity contribution in [2.24, 2.45) is 0 Å². The molecule has 4 aromatic rings. The summed E-state index contributed by atoms with van der Waals surface area (Å²) in [6.45, 7) is 3.16. The second-order valence-electron chi connectivity index (χ2n) is 7.96. The summed E-state index contributed by atoms with van der Waals surface area (Å²) in [5.74, 6) is 0.880. The van der Waals surface area contributed by atoms with Gasteiger partial charge >= 0.3 is 0 Å². The SMILES string of the molecule is COc1cccc(N2CCN(C(=O)CCn3cnc4c([nH]c5ccccc54)c3=O)CC2)c1. The second kappa shape index (κ2) is 8.37. The van der Waals surface area contributed by atoms with Gasteiger partial charge in [0.2, 0.25) is 5.91 Å². The first-order valence-corrected chi connectivity index (χ1v) is 10.8. The average molecular weight is 431 g/mol. The lowest BCUT2D eigenvalue weighted by Crippen LogP contribution is -2.49. The number of methoxy groups -OCH3 is 1. The maximum atomic E-state index is 12.9. The fraction of sp³-hybridized carbons (Fsp3) is 0.292. The molecule has 0 unspecified atom stereocenters. The van der Waals surface area contributed by atoms with Gasteiger partial charge in [0.05, 0.1) is 13.4 Å². The zero-order valence-corrected chi connectivity index (χ0v) is 18.0. The third-order valence-electron chi connectivity index (χ3n) is 6.10. The molecule has 32 heavy (non-hydrogen) atoms. The molecule has 0 spiro atoms. The van der Waals surface area contributed by atoms with Crippen LogP contribution in [0.4, 0.5) is 5.69 Å². The number of para-hydroxylation sites is 1. The molecule has 1 fully saturated rings. The molecule has 0 aliphatic carbocycles. The Bertz CT molecular complexity index is 1330. The van der Waals surface area contributed by atoms with Gasteiger partial charge in [0.15, 0.2) is 0 Å². The van der Waals surface area contributed by atoms with Crippen molar-refractivity contribution in [1.82, 2.24) is 19.4 Å². The zero-order valence-electron chi connectivity index (χ0n) is 18.0. The number of nitrogens with zero attached hydrogens (tertiary/aromatic N) is 4. The molecule has 164 valence electrons. The lowest BCUT2D eigenvalue weighted by atomic mass is 10.2. The van der Waals surface area contributed by atoms with Gasteiger partial charge in [-0.05, 0) is 18.2 Å². The molecule has 2 aromatic heterocycles. The Hall–Kier alpha value is -3.81. The summed E-state index contributed by atoms with van der Waals surface area (Å²) in [4.78, 5) is 37.4. The minimum atomic E-state index is -0.151. The number of hydrogen-bond acceptors (Lipinski definition) is 5. The summed E-state index contributed by atoms with van der Waals surface area (Å²) in [5, 5.41) is 0.928. The van der Waals surface area contributed by atoms with E-state index in [1.807, 2.05) is 47.4 Å². The van der Waals surface area contributed by atoms with Crippen LogP contribution in [0.1, 0.15) is 6.42 Å². The number of hydrogen-bond donors (Lipinski definition) is 1. The third kappa shape index (κ3) is 3.68. The Morgan fingerprint density at radius 2 is 1.91 bits per heavy atom. The topological polar surface area (TPSA) is 83.5 Å². The van der Waals surface area contributed by atoms with E-state index in [9.17, 15) is 9.59 Å². The van der Waals surface area contributed by atoms with Crippen LogP contribution in [0.2, 0.25) is 0 Å². The van der Waals surface area contributed by atoms with Crippen molar-refractivity contribution in [3.8, 4) is 5.75 Å². The summed E-state index contributed by atoms with van der Waals surface area (Å²) in [7, 11) is 1.66. The number of carbonyl (C=O) groups excluding carboxylic acids is 1. The summed E-state index contributed by atoms with van der Waals surface area (Å²) in [5.41, 5.74) is 2.98. The van der Waals surface area contributed by atoms with Crippen molar-refractivity contribution >= 4 is 33.5 Å². The molecule has 0 radical (unpaired) electrons. The molecule has 0 saturated carbocycles. The number of nitrogens with one attached hydrogen (secondary N) is 1. The number of rotatable bonds is 5. The number of carbonyl (C=O) groups is 1. The van der Waals surface area contributed by atoms with Gasteiger partial charge in [-0.3, -0.25) is 14.2 Å². The molecule has 0 bridgehead atoms. The van der Waals surface area contributed by atoms with Crippen molar-refractivity contribution in [2.75, 3.05) is 38.2 Å². The number of H-pyrrole nitrogens is 1. The van der Waals surface area contributed by atoms with E-state index >= 15 is 0 Å². The quantitative estimate of drug-likeness (QED) is 0.525. The standard InChI is InChI=1S/C24H25N5O3/c1-32-18-6-4-5-17(15-18)27-11-13-28(14-12-27)21(30)9-10-29-16-25-22-19-7-2-3-8-20(19)26-23(22)24(29)31/h2-8,15-16,26H,9-14H2,1H3. The van der Waals surface area contributed by atoms with Gasteiger partial charge in [-0.15, -0.1) is 0 Å². The number of aryl methyl sites for hydroxylation is 1. The predicted molar refractivity (Wildman–Crippen MR) is 124 cm³/mol. The predicted octanol–water partition coefficient (Wildman–Crippen LogP) is 2.63. The summed E-state index contributed by atoms with van der Waals surface area (Å²) in [6.07, 6.45) is 1.81. The van der Waals surface area contributed by atoms with Crippen LogP contribution in [0.3, 0.4) is 0 Å². The van der Waals surface area contributed by atoms with E-state index in [4.69, 9.17) is 4.74 Å². The van der Waals surface area contributed by atoms with Crippen LogP contribution in [-0.4, -0.2) is 58.6 Å². The monoisotopic (exact) mass is 431 g/mol. The molecule has 1 amide bonds. The van der Waals surface area contributed by atoms with Crippen LogP contribution in [0, 0.1) is 0 Å². The van der Waals surface area contributed by atoms with Gasteiger partial charge < -0.3 is 19.5 Å². The highest BCUT2D eigenvalue weighted by atomic mass is 16.5. The van der Waals surface area contributed by atoms with Crippen molar-refractivity contribution in [3.63, 3.8) is 0 Å². The Balaban J connectivity index is 1.22. The van der Waals surface area contributed by atoms with Gasteiger partial charge in [-0.2, -0.15) is 0 Å². The molecule has 3 heterocycles. The number of anilines is 1. The lowest BCUT2D eigenvalue weighted by Gasteiger charge is -2.36. The number of aromatic nitrogens is 3. The molecule has 8 heteroatoms. The van der Waals surface area contributed by atoms with Gasteiger partial charge in [0.25, 0.3) is 5.56 Å². The van der Waals surface area contributed by atoms with E-state index in [0.717, 1.165) is 35.4 Å². The zero-order chi connectivity index (χ0) is 22.1. The largest absolute Gasteiger partial charge is 0.497 e. The van der Waals surface area contributed by atoms with E-state index in [-0.39, 0.29) is 17.9 Å². The minimum Gasteiger partial charge on any atom is -0.497 e. The molecule has 1 aliphatic heterocycles. The Kier molecular flexibility index (Phi) is 5.26. The van der Waals surface area contributed by atoms with Crippen LogP contribution in [0.5, 0.6) is 5.75 Å². The number of benzene rings is 2. The molecule has 8 nitrogen and oxygen atoms in total. The number of ether oxygens (including phenoxy) is 1. The Morgan fingerprint density at radius 1 is 1.09 bits per heavy atom. The fourth-order valence-corrected chi connectivity index (χ4v) is 4.29. The molecule has 0 atom stereocenters. The van der Waals surface area contributed by atoms with Crippen LogP contribution < -0.4 is 15.2 Å². The maximum Gasteiger partial charge on any atom is 0.277 e. The maximum absolute atomic E-state index is 12.9. The van der Waals surface area contributed by atoms with Crippen LogP contribution in [0.25, 0.3) is 21.9 Å². The molecule has 1 N–H and O–H groups in total. The molecular weight excluding hydrogens is 406 g/mol. The van der Waals surface area contributed by atoms with Crippen LogP contribution >= 0.6 is 0 Å². The number of piperazine rings is 1. The van der Waals surface area contributed by atoms with Crippen molar-refractivity contribution < 1.29 is 9.53 Å². The van der Waals surface area contributed by atoms with E-state index < -0.39 is 0 Å². The first kappa shape index (κ1) is 20.1. The van der Waals surface area contributed by atoms with Crippen molar-refractivity contribution in [1.29, 1.82) is 0 Å². The molecule has 1 aliphatic rings. The van der Waals surface area contributed by atoms with Gasteiger partial charge in [-0.1, -0.05) is 24.3 Å². The van der Waals surface area contributed by atoms with Gasteiger partial charge in [0.1, 0.15) is 16.8 Å². The highest BCUT2D eigenvalue weighted by Crippen LogP contribution is 2.23. The van der Waals surface area contributed by atoms with E-state index in [1.54, 1.807) is 13.4 Å². The number of amides is 1. The van der Waals surface area contributed by atoms with Crippen molar-refractivity contribution in [3.05, 3.63) is 65.2 Å². The number of fused-ring (bicyclic) bond motifs is 3.